The summed E-state index contributed by atoms with van der Waals surface area (Å²) in [5.74, 6) is 0.0537. The Morgan fingerprint density at radius 2 is 2.00 bits per heavy atom. The molecule has 0 unspecified atom stereocenters. The van der Waals surface area contributed by atoms with Gasteiger partial charge >= 0.3 is 0 Å². The van der Waals surface area contributed by atoms with Gasteiger partial charge in [-0.1, -0.05) is 11.6 Å². The fourth-order valence-electron chi connectivity index (χ4n) is 1.59. The van der Waals surface area contributed by atoms with Gasteiger partial charge in [0.1, 0.15) is 0 Å². The first kappa shape index (κ1) is 12.8. The minimum absolute atomic E-state index is 0.0537. The Hall–Kier alpha value is -0.640. The van der Waals surface area contributed by atoms with Gasteiger partial charge in [-0.15, -0.1) is 11.3 Å². The van der Waals surface area contributed by atoms with Gasteiger partial charge in [0.25, 0.3) is 0 Å². The Morgan fingerprint density at radius 3 is 2.53 bits per heavy atom. The zero-order chi connectivity index (χ0) is 12.6. The highest BCUT2D eigenvalue weighted by Crippen LogP contribution is 2.29. The highest BCUT2D eigenvalue weighted by Gasteiger charge is 2.15. The topological polar surface area (TPSA) is 17.1 Å². The third-order valence-corrected chi connectivity index (χ3v) is 4.88. The summed E-state index contributed by atoms with van der Waals surface area (Å²) in [5, 5.41) is 0.655. The molecule has 17 heavy (non-hydrogen) atoms. The molecule has 0 aliphatic carbocycles. The van der Waals surface area contributed by atoms with Crippen LogP contribution in [0.2, 0.25) is 5.02 Å². The SMILES string of the molecule is Cc1cc(Cl)ccc1C(=O)c1cc(Br)c(C)s1. The zero-order valence-electron chi connectivity index (χ0n) is 9.38. The predicted octanol–water partition coefficient (Wildman–Crippen LogP) is 5.01. The lowest BCUT2D eigenvalue weighted by Crippen LogP contribution is -2.01. The molecule has 1 nitrogen and oxygen atoms in total. The molecule has 0 amide bonds. The largest absolute Gasteiger partial charge is 0.288 e. The summed E-state index contributed by atoms with van der Waals surface area (Å²) in [6.45, 7) is 3.88. The Labute approximate surface area is 118 Å². The van der Waals surface area contributed by atoms with Crippen LogP contribution in [-0.2, 0) is 0 Å². The molecule has 0 bridgehead atoms. The minimum Gasteiger partial charge on any atom is -0.288 e. The summed E-state index contributed by atoms with van der Waals surface area (Å²) in [6, 6.07) is 7.21. The van der Waals surface area contributed by atoms with Crippen LogP contribution < -0.4 is 0 Å². The number of thiophene rings is 1. The van der Waals surface area contributed by atoms with Gasteiger partial charge in [-0.2, -0.15) is 0 Å². The van der Waals surface area contributed by atoms with Crippen molar-refractivity contribution in [2.75, 3.05) is 0 Å². The van der Waals surface area contributed by atoms with Crippen molar-refractivity contribution in [1.82, 2.24) is 0 Å². The molecule has 0 radical (unpaired) electrons. The van der Waals surface area contributed by atoms with E-state index in [1.54, 1.807) is 12.1 Å². The van der Waals surface area contributed by atoms with Crippen molar-refractivity contribution in [2.45, 2.75) is 13.8 Å². The van der Waals surface area contributed by atoms with Crippen LogP contribution in [-0.4, -0.2) is 5.78 Å². The molecule has 0 aliphatic heterocycles. The molecular weight excluding hydrogens is 320 g/mol. The lowest BCUT2D eigenvalue weighted by atomic mass is 10.0. The molecule has 0 saturated carbocycles. The monoisotopic (exact) mass is 328 g/mol. The van der Waals surface area contributed by atoms with E-state index in [1.807, 2.05) is 26.0 Å². The third kappa shape index (κ3) is 2.62. The van der Waals surface area contributed by atoms with E-state index in [2.05, 4.69) is 15.9 Å². The molecule has 2 rings (SSSR count). The lowest BCUT2D eigenvalue weighted by molar-refractivity contribution is 0.104. The number of benzene rings is 1. The number of ketones is 1. The van der Waals surface area contributed by atoms with Crippen LogP contribution in [0.4, 0.5) is 0 Å². The lowest BCUT2D eigenvalue weighted by Gasteiger charge is -2.03. The Kier molecular flexibility index (Phi) is 3.71. The maximum absolute atomic E-state index is 12.3. The van der Waals surface area contributed by atoms with Crippen molar-refractivity contribution in [3.8, 4) is 0 Å². The number of halogens is 2. The van der Waals surface area contributed by atoms with Crippen LogP contribution in [0, 0.1) is 13.8 Å². The Balaban J connectivity index is 2.43. The second-order valence-electron chi connectivity index (χ2n) is 3.80. The number of rotatable bonds is 2. The van der Waals surface area contributed by atoms with Crippen LogP contribution in [0.1, 0.15) is 25.7 Å². The van der Waals surface area contributed by atoms with E-state index in [9.17, 15) is 4.79 Å². The van der Waals surface area contributed by atoms with Gasteiger partial charge in [-0.25, -0.2) is 0 Å². The summed E-state index contributed by atoms with van der Waals surface area (Å²) < 4.78 is 0.984. The summed E-state index contributed by atoms with van der Waals surface area (Å²) >= 11 is 10.8. The molecular formula is C13H10BrClOS. The van der Waals surface area contributed by atoms with E-state index < -0.39 is 0 Å². The first-order valence-electron chi connectivity index (χ1n) is 5.06. The van der Waals surface area contributed by atoms with Crippen LogP contribution in [0.3, 0.4) is 0 Å². The van der Waals surface area contributed by atoms with Crippen LogP contribution in [0.5, 0.6) is 0 Å². The number of carbonyl (C=O) groups excluding carboxylic acids is 1. The van der Waals surface area contributed by atoms with Crippen molar-refractivity contribution in [3.05, 3.63) is 54.6 Å². The van der Waals surface area contributed by atoms with Gasteiger partial charge in [0.15, 0.2) is 0 Å². The molecule has 1 heterocycles. The van der Waals surface area contributed by atoms with Crippen molar-refractivity contribution in [2.24, 2.45) is 0 Å². The van der Waals surface area contributed by atoms with Gasteiger partial charge < -0.3 is 0 Å². The fourth-order valence-corrected chi connectivity index (χ4v) is 3.30. The fraction of sp³-hybridized carbons (Fsp3) is 0.154. The first-order chi connectivity index (χ1) is 7.99. The maximum atomic E-state index is 12.3. The molecule has 0 spiro atoms. The highest BCUT2D eigenvalue weighted by molar-refractivity contribution is 9.10. The van der Waals surface area contributed by atoms with Crippen LogP contribution >= 0.6 is 38.9 Å². The standard InChI is InChI=1S/C13H10BrClOS/c1-7-5-9(15)3-4-10(7)13(16)12-6-11(14)8(2)17-12/h3-6H,1-2H3. The van der Waals surface area contributed by atoms with Crippen molar-refractivity contribution in [3.63, 3.8) is 0 Å². The molecule has 0 atom stereocenters. The van der Waals surface area contributed by atoms with Crippen molar-refractivity contribution in [1.29, 1.82) is 0 Å². The van der Waals surface area contributed by atoms with E-state index in [-0.39, 0.29) is 5.78 Å². The van der Waals surface area contributed by atoms with Crippen molar-refractivity contribution < 1.29 is 4.79 Å². The molecule has 88 valence electrons. The number of aryl methyl sites for hydroxylation is 2. The van der Waals surface area contributed by atoms with E-state index in [1.165, 1.54) is 11.3 Å². The molecule has 1 aromatic heterocycles. The van der Waals surface area contributed by atoms with Crippen LogP contribution in [0.15, 0.2) is 28.7 Å². The minimum atomic E-state index is 0.0537. The summed E-state index contributed by atoms with van der Waals surface area (Å²) in [6.07, 6.45) is 0. The molecule has 0 saturated heterocycles. The molecule has 0 fully saturated rings. The third-order valence-electron chi connectivity index (χ3n) is 2.51. The van der Waals surface area contributed by atoms with E-state index in [0.29, 0.717) is 10.6 Å². The first-order valence-corrected chi connectivity index (χ1v) is 7.04. The van der Waals surface area contributed by atoms with E-state index >= 15 is 0 Å². The second kappa shape index (κ2) is 4.92. The summed E-state index contributed by atoms with van der Waals surface area (Å²) in [5.41, 5.74) is 1.62. The smallest absolute Gasteiger partial charge is 0.203 e. The van der Waals surface area contributed by atoms with E-state index in [4.69, 9.17) is 11.6 Å². The van der Waals surface area contributed by atoms with E-state index in [0.717, 1.165) is 19.8 Å². The summed E-state index contributed by atoms with van der Waals surface area (Å²) in [7, 11) is 0. The zero-order valence-corrected chi connectivity index (χ0v) is 12.5. The van der Waals surface area contributed by atoms with Gasteiger partial charge in [0.2, 0.25) is 5.78 Å². The second-order valence-corrected chi connectivity index (χ2v) is 6.35. The van der Waals surface area contributed by atoms with Gasteiger partial charge in [-0.3, -0.25) is 4.79 Å². The van der Waals surface area contributed by atoms with Crippen LogP contribution in [0.25, 0.3) is 0 Å². The Bertz CT molecular complexity index is 570. The number of carbonyl (C=O) groups is 1. The normalized spacial score (nSPS) is 10.6. The molecule has 4 heteroatoms. The van der Waals surface area contributed by atoms with Gasteiger partial charge in [0, 0.05) is 19.9 Å². The Morgan fingerprint density at radius 1 is 1.29 bits per heavy atom. The van der Waals surface area contributed by atoms with Gasteiger partial charge in [0.05, 0.1) is 4.88 Å². The number of hydrogen-bond donors (Lipinski definition) is 0. The summed E-state index contributed by atoms with van der Waals surface area (Å²) in [4.78, 5) is 14.2. The predicted molar refractivity (Wildman–Crippen MR) is 76.4 cm³/mol. The number of hydrogen-bond acceptors (Lipinski definition) is 2. The highest BCUT2D eigenvalue weighted by atomic mass is 79.9. The molecule has 1 aromatic carbocycles. The molecule has 0 N–H and O–H groups in total. The molecule has 0 aliphatic rings. The average molecular weight is 330 g/mol. The van der Waals surface area contributed by atoms with Gasteiger partial charge in [-0.05, 0) is 59.6 Å². The van der Waals surface area contributed by atoms with Crippen molar-refractivity contribution >= 4 is 44.7 Å². The average Bonchev–Trinajstić information content (AvgIpc) is 2.58. The maximum Gasteiger partial charge on any atom is 0.203 e. The molecule has 2 aromatic rings. The quantitative estimate of drug-likeness (QED) is 0.708.